The maximum atomic E-state index is 12.5. The highest BCUT2D eigenvalue weighted by molar-refractivity contribution is 7.10. The van der Waals surface area contributed by atoms with Crippen LogP contribution in [0, 0.1) is 6.92 Å². The maximum Gasteiger partial charge on any atom is 0.335 e. The summed E-state index contributed by atoms with van der Waals surface area (Å²) < 4.78 is 0. The Bertz CT molecular complexity index is 893. The Morgan fingerprint density at radius 2 is 1.70 bits per heavy atom. The molecule has 0 spiro atoms. The molecule has 2 aromatic rings. The van der Waals surface area contributed by atoms with E-state index >= 15 is 0 Å². The molecule has 0 atom stereocenters. The van der Waals surface area contributed by atoms with Crippen molar-refractivity contribution in [2.45, 2.75) is 20.0 Å². The summed E-state index contributed by atoms with van der Waals surface area (Å²) in [6, 6.07) is 10.1. The number of imide groups is 2. The Hall–Kier alpha value is -3.00. The first kappa shape index (κ1) is 18.8. The third kappa shape index (κ3) is 3.90. The number of rotatable bonds is 6. The van der Waals surface area contributed by atoms with E-state index in [4.69, 9.17) is 0 Å². The molecule has 140 valence electrons. The van der Waals surface area contributed by atoms with Crippen molar-refractivity contribution in [1.29, 1.82) is 0 Å². The number of hydrogen-bond donors (Lipinski definition) is 0. The predicted molar refractivity (Wildman–Crippen MR) is 99.6 cm³/mol. The second-order valence-corrected chi connectivity index (χ2v) is 7.33. The largest absolute Gasteiger partial charge is 0.339 e. The summed E-state index contributed by atoms with van der Waals surface area (Å²) >= 11 is 1.54. The smallest absolute Gasteiger partial charge is 0.335 e. The first-order chi connectivity index (χ1) is 12.9. The lowest BCUT2D eigenvalue weighted by atomic mass is 10.2. The summed E-state index contributed by atoms with van der Waals surface area (Å²) in [5.41, 5.74) is 1.81. The van der Waals surface area contributed by atoms with Crippen LogP contribution in [0.1, 0.15) is 16.0 Å². The van der Waals surface area contributed by atoms with Gasteiger partial charge in [0.15, 0.2) is 0 Å². The highest BCUT2D eigenvalue weighted by Crippen LogP contribution is 2.19. The van der Waals surface area contributed by atoms with Crippen molar-refractivity contribution in [3.63, 3.8) is 0 Å². The van der Waals surface area contributed by atoms with E-state index in [1.54, 1.807) is 31.3 Å². The number of thiophene rings is 1. The maximum absolute atomic E-state index is 12.5. The lowest BCUT2D eigenvalue weighted by molar-refractivity contribution is -0.145. The minimum atomic E-state index is -0.968. The number of carbonyl (C=O) groups excluding carboxylic acids is 4. The minimum Gasteiger partial charge on any atom is -0.339 e. The van der Waals surface area contributed by atoms with Gasteiger partial charge in [0.05, 0.1) is 13.1 Å². The lowest BCUT2D eigenvalue weighted by Crippen LogP contribution is -2.41. The van der Waals surface area contributed by atoms with Gasteiger partial charge < -0.3 is 4.90 Å². The van der Waals surface area contributed by atoms with Gasteiger partial charge in [-0.3, -0.25) is 19.3 Å². The van der Waals surface area contributed by atoms with Gasteiger partial charge in [-0.1, -0.05) is 30.3 Å². The SMILES string of the molecule is Cc1ccsc1CN(C)C(=O)CN1C(=O)C(=O)N(Cc2ccccc2)C1=O. The fourth-order valence-corrected chi connectivity index (χ4v) is 3.68. The molecule has 1 aromatic carbocycles. The minimum absolute atomic E-state index is 0.000827. The molecule has 27 heavy (non-hydrogen) atoms. The normalized spacial score (nSPS) is 14.2. The van der Waals surface area contributed by atoms with E-state index in [9.17, 15) is 19.2 Å². The Kier molecular flexibility index (Phi) is 5.36. The second kappa shape index (κ2) is 7.71. The Morgan fingerprint density at radius 1 is 1.04 bits per heavy atom. The van der Waals surface area contributed by atoms with Crippen LogP contribution in [0.5, 0.6) is 0 Å². The number of carbonyl (C=O) groups is 4. The zero-order chi connectivity index (χ0) is 19.6. The molecule has 0 aliphatic carbocycles. The van der Waals surface area contributed by atoms with Gasteiger partial charge in [0, 0.05) is 11.9 Å². The quantitative estimate of drug-likeness (QED) is 0.563. The molecular weight excluding hydrogens is 366 g/mol. The zero-order valence-electron chi connectivity index (χ0n) is 15.0. The standard InChI is InChI=1S/C19H19N3O4S/c1-13-8-9-27-15(13)11-20(2)16(23)12-22-18(25)17(24)21(19(22)26)10-14-6-4-3-5-7-14/h3-9H,10-12H2,1-2H3. The Labute approximate surface area is 160 Å². The van der Waals surface area contributed by atoms with E-state index < -0.39 is 30.3 Å². The van der Waals surface area contributed by atoms with E-state index in [1.165, 1.54) is 16.2 Å². The topological polar surface area (TPSA) is 78.0 Å². The van der Waals surface area contributed by atoms with Gasteiger partial charge in [-0.2, -0.15) is 0 Å². The van der Waals surface area contributed by atoms with E-state index in [-0.39, 0.29) is 6.54 Å². The van der Waals surface area contributed by atoms with E-state index in [0.717, 1.165) is 20.9 Å². The molecule has 0 N–H and O–H groups in total. The van der Waals surface area contributed by atoms with Gasteiger partial charge in [0.25, 0.3) is 0 Å². The number of urea groups is 1. The predicted octanol–water partition coefficient (Wildman–Crippen LogP) is 2.01. The molecule has 8 heteroatoms. The summed E-state index contributed by atoms with van der Waals surface area (Å²) in [6.45, 7) is 1.90. The van der Waals surface area contributed by atoms with Gasteiger partial charge in [-0.05, 0) is 29.5 Å². The molecule has 1 saturated heterocycles. The molecule has 1 aromatic heterocycles. The van der Waals surface area contributed by atoms with E-state index in [2.05, 4.69) is 0 Å². The van der Waals surface area contributed by atoms with Gasteiger partial charge in [-0.15, -0.1) is 11.3 Å². The number of hydrogen-bond acceptors (Lipinski definition) is 5. The summed E-state index contributed by atoms with van der Waals surface area (Å²) in [7, 11) is 1.61. The van der Waals surface area contributed by atoms with Crippen LogP contribution >= 0.6 is 11.3 Å². The fraction of sp³-hybridized carbons (Fsp3) is 0.263. The first-order valence-corrected chi connectivity index (χ1v) is 9.24. The number of aryl methyl sites for hydroxylation is 1. The van der Waals surface area contributed by atoms with Crippen LogP contribution in [0.3, 0.4) is 0 Å². The summed E-state index contributed by atoms with van der Waals surface area (Å²) in [5, 5.41) is 1.94. The average Bonchev–Trinajstić information content (AvgIpc) is 3.14. The number of likely N-dealkylation sites (N-methyl/N-ethyl adjacent to an activating group) is 1. The molecule has 0 radical (unpaired) electrons. The van der Waals surface area contributed by atoms with Crippen molar-refractivity contribution >= 4 is 35.1 Å². The van der Waals surface area contributed by atoms with Crippen molar-refractivity contribution in [1.82, 2.24) is 14.7 Å². The highest BCUT2D eigenvalue weighted by Gasteiger charge is 2.45. The fourth-order valence-electron chi connectivity index (χ4n) is 2.72. The van der Waals surface area contributed by atoms with Crippen LogP contribution in [0.25, 0.3) is 0 Å². The van der Waals surface area contributed by atoms with Gasteiger partial charge >= 0.3 is 17.8 Å². The molecule has 0 saturated carbocycles. The van der Waals surface area contributed by atoms with Gasteiger partial charge in [0.2, 0.25) is 5.91 Å². The lowest BCUT2D eigenvalue weighted by Gasteiger charge is -2.20. The number of nitrogens with zero attached hydrogens (tertiary/aromatic N) is 3. The first-order valence-electron chi connectivity index (χ1n) is 8.36. The monoisotopic (exact) mass is 385 g/mol. The molecule has 1 aliphatic rings. The van der Waals surface area contributed by atoms with Crippen LogP contribution < -0.4 is 0 Å². The van der Waals surface area contributed by atoms with Gasteiger partial charge in [0.1, 0.15) is 6.54 Å². The Balaban J connectivity index is 1.66. The van der Waals surface area contributed by atoms with Crippen LogP contribution in [0.15, 0.2) is 41.8 Å². The summed E-state index contributed by atoms with van der Waals surface area (Å²) in [4.78, 5) is 53.4. The highest BCUT2D eigenvalue weighted by atomic mass is 32.1. The Morgan fingerprint density at radius 3 is 2.33 bits per heavy atom. The summed E-state index contributed by atoms with van der Waals surface area (Å²) in [6.07, 6.45) is 0. The summed E-state index contributed by atoms with van der Waals surface area (Å²) in [5.74, 6) is -2.28. The van der Waals surface area contributed by atoms with Crippen LogP contribution in [-0.4, -0.2) is 52.0 Å². The molecule has 7 nitrogen and oxygen atoms in total. The van der Waals surface area contributed by atoms with Gasteiger partial charge in [-0.25, -0.2) is 9.69 Å². The van der Waals surface area contributed by atoms with Crippen molar-refractivity contribution < 1.29 is 19.2 Å². The molecular formula is C19H19N3O4S. The van der Waals surface area contributed by atoms with Crippen molar-refractivity contribution in [3.8, 4) is 0 Å². The molecule has 0 unspecified atom stereocenters. The molecule has 5 amide bonds. The van der Waals surface area contributed by atoms with Crippen molar-refractivity contribution in [2.75, 3.05) is 13.6 Å². The molecule has 1 fully saturated rings. The molecule has 2 heterocycles. The van der Waals surface area contributed by atoms with E-state index in [0.29, 0.717) is 11.4 Å². The van der Waals surface area contributed by atoms with Crippen molar-refractivity contribution in [2.24, 2.45) is 0 Å². The van der Waals surface area contributed by atoms with Crippen molar-refractivity contribution in [3.05, 3.63) is 57.8 Å². The number of benzene rings is 1. The zero-order valence-corrected chi connectivity index (χ0v) is 15.9. The molecule has 1 aliphatic heterocycles. The van der Waals surface area contributed by atoms with Crippen LogP contribution in [0.2, 0.25) is 0 Å². The third-order valence-electron chi connectivity index (χ3n) is 4.39. The third-order valence-corrected chi connectivity index (χ3v) is 5.39. The van der Waals surface area contributed by atoms with E-state index in [1.807, 2.05) is 24.4 Å². The second-order valence-electron chi connectivity index (χ2n) is 6.33. The van der Waals surface area contributed by atoms with Crippen LogP contribution in [0.4, 0.5) is 4.79 Å². The number of amides is 5. The molecule has 3 rings (SSSR count). The molecule has 0 bridgehead atoms. The van der Waals surface area contributed by atoms with Crippen LogP contribution in [-0.2, 0) is 27.5 Å². The average molecular weight is 385 g/mol.